The van der Waals surface area contributed by atoms with E-state index in [4.69, 9.17) is 10.00 Å². The lowest BCUT2D eigenvalue weighted by atomic mass is 10.0. The molecule has 34 heavy (non-hydrogen) atoms. The van der Waals surface area contributed by atoms with Gasteiger partial charge in [0.2, 0.25) is 10.0 Å². The molecule has 0 saturated carbocycles. The highest BCUT2D eigenvalue weighted by molar-refractivity contribution is 7.89. The summed E-state index contributed by atoms with van der Waals surface area (Å²) in [6.07, 6.45) is -5.98. The van der Waals surface area contributed by atoms with Crippen LogP contribution < -0.4 is 10.1 Å². The van der Waals surface area contributed by atoms with E-state index in [9.17, 15) is 36.3 Å². The van der Waals surface area contributed by atoms with E-state index >= 15 is 0 Å². The van der Waals surface area contributed by atoms with E-state index in [0.29, 0.717) is 18.2 Å². The Morgan fingerprint density at radius 1 is 1.21 bits per heavy atom. The number of aliphatic hydroxyl groups is 1. The Hall–Kier alpha value is -3.23. The molecule has 1 heterocycles. The summed E-state index contributed by atoms with van der Waals surface area (Å²) in [5.41, 5.74) is -3.92. The zero-order valence-electron chi connectivity index (χ0n) is 17.6. The second-order valence-corrected chi connectivity index (χ2v) is 9.52. The van der Waals surface area contributed by atoms with Crippen molar-refractivity contribution in [1.29, 1.82) is 10.5 Å². The number of hydrogen-bond acceptors (Lipinski definition) is 7. The average molecular weight is 498 g/mol. The van der Waals surface area contributed by atoms with E-state index in [2.05, 4.69) is 5.32 Å². The zero-order chi connectivity index (χ0) is 25.3. The lowest BCUT2D eigenvalue weighted by Crippen LogP contribution is -2.51. The lowest BCUT2D eigenvalue weighted by Gasteiger charge is -2.29. The number of ether oxygens (including phenoxy) is 1. The third kappa shape index (κ3) is 4.83. The van der Waals surface area contributed by atoms with Crippen LogP contribution in [0.3, 0.4) is 0 Å². The number of alkyl halides is 3. The van der Waals surface area contributed by atoms with Gasteiger partial charge in [-0.2, -0.15) is 28.0 Å². The average Bonchev–Trinajstić information content (AvgIpc) is 3.09. The smallest absolute Gasteiger partial charge is 0.416 e. The molecule has 0 radical (unpaired) electrons. The maximum absolute atomic E-state index is 14.0. The topological polar surface area (TPSA) is 126 Å². The standard InChI is InChI=1S/C21H18F4N4O4S/c1-28-11-20(30)12-29(10-19(20)33-16-4-2-13(8-26)17(22)7-16)34(31,32)18-5-3-15(21(23,24)25)6-14(18)9-27/h2-7,19,28,30H,10-12H2,1H3/t19-,20-/m0/s1. The molecule has 0 bridgehead atoms. The van der Waals surface area contributed by atoms with Crippen molar-refractivity contribution in [3.8, 4) is 17.9 Å². The van der Waals surface area contributed by atoms with Gasteiger partial charge in [-0.25, -0.2) is 12.8 Å². The van der Waals surface area contributed by atoms with Gasteiger partial charge in [0, 0.05) is 19.2 Å². The van der Waals surface area contributed by atoms with Gasteiger partial charge in [0.05, 0.1) is 28.1 Å². The lowest BCUT2D eigenvalue weighted by molar-refractivity contribution is -0.137. The predicted octanol–water partition coefficient (Wildman–Crippen LogP) is 1.99. The van der Waals surface area contributed by atoms with Gasteiger partial charge in [-0.3, -0.25) is 0 Å². The van der Waals surface area contributed by atoms with Crippen molar-refractivity contribution in [2.45, 2.75) is 22.8 Å². The third-order valence-electron chi connectivity index (χ3n) is 5.29. The highest BCUT2D eigenvalue weighted by Crippen LogP contribution is 2.35. The van der Waals surface area contributed by atoms with Crippen LogP contribution in [0.15, 0.2) is 41.3 Å². The van der Waals surface area contributed by atoms with Crippen molar-refractivity contribution < 1.29 is 35.8 Å². The van der Waals surface area contributed by atoms with Gasteiger partial charge in [0.1, 0.15) is 35.4 Å². The summed E-state index contributed by atoms with van der Waals surface area (Å²) >= 11 is 0. The molecule has 1 aliphatic rings. The van der Waals surface area contributed by atoms with Crippen LogP contribution in [0.2, 0.25) is 0 Å². The molecule has 0 aliphatic carbocycles. The molecular weight excluding hydrogens is 480 g/mol. The fraction of sp³-hybridized carbons (Fsp3) is 0.333. The minimum atomic E-state index is -4.77. The fourth-order valence-electron chi connectivity index (χ4n) is 3.61. The van der Waals surface area contributed by atoms with Crippen molar-refractivity contribution in [3.63, 3.8) is 0 Å². The Bertz CT molecular complexity index is 1290. The molecular formula is C21H18F4N4O4S. The van der Waals surface area contributed by atoms with E-state index in [1.54, 1.807) is 6.07 Å². The first-order chi connectivity index (χ1) is 15.9. The van der Waals surface area contributed by atoms with Crippen molar-refractivity contribution >= 4 is 10.0 Å². The van der Waals surface area contributed by atoms with Crippen molar-refractivity contribution in [2.24, 2.45) is 0 Å². The molecule has 3 rings (SSSR count). The second kappa shape index (κ2) is 9.19. The molecule has 2 N–H and O–H groups in total. The van der Waals surface area contributed by atoms with Gasteiger partial charge in [-0.05, 0) is 37.4 Å². The minimum Gasteiger partial charge on any atom is -0.486 e. The minimum absolute atomic E-state index is 0.0671. The molecule has 2 aromatic rings. The predicted molar refractivity (Wildman–Crippen MR) is 109 cm³/mol. The molecule has 13 heteroatoms. The van der Waals surface area contributed by atoms with E-state index in [0.717, 1.165) is 16.4 Å². The van der Waals surface area contributed by atoms with Gasteiger partial charge in [-0.1, -0.05) is 0 Å². The van der Waals surface area contributed by atoms with E-state index < -0.39 is 62.8 Å². The number of nitrogens with one attached hydrogen (secondary N) is 1. The van der Waals surface area contributed by atoms with Crippen LogP contribution in [0, 0.1) is 28.5 Å². The van der Waals surface area contributed by atoms with Crippen molar-refractivity contribution in [2.75, 3.05) is 26.7 Å². The summed E-state index contributed by atoms with van der Waals surface area (Å²) in [5.74, 6) is -0.939. The van der Waals surface area contributed by atoms with Crippen LogP contribution in [-0.4, -0.2) is 56.2 Å². The number of nitrogens with zero attached hydrogens (tertiary/aromatic N) is 3. The Morgan fingerprint density at radius 2 is 1.88 bits per heavy atom. The summed E-state index contributed by atoms with van der Waals surface area (Å²) in [7, 11) is -3.02. The quantitative estimate of drug-likeness (QED) is 0.584. The summed E-state index contributed by atoms with van der Waals surface area (Å²) in [4.78, 5) is -0.653. The first-order valence-corrected chi connectivity index (χ1v) is 11.1. The highest BCUT2D eigenvalue weighted by atomic mass is 32.2. The van der Waals surface area contributed by atoms with E-state index in [1.165, 1.54) is 19.2 Å². The van der Waals surface area contributed by atoms with Crippen LogP contribution >= 0.6 is 0 Å². The van der Waals surface area contributed by atoms with Gasteiger partial charge >= 0.3 is 6.18 Å². The summed E-state index contributed by atoms with van der Waals surface area (Å²) in [6, 6.07) is 8.16. The number of likely N-dealkylation sites (N-methyl/N-ethyl adjacent to an activating group) is 1. The molecule has 0 spiro atoms. The molecule has 1 fully saturated rings. The number of hydrogen-bond donors (Lipinski definition) is 2. The van der Waals surface area contributed by atoms with Crippen molar-refractivity contribution in [1.82, 2.24) is 9.62 Å². The van der Waals surface area contributed by atoms with Gasteiger partial charge < -0.3 is 15.2 Å². The number of nitriles is 2. The largest absolute Gasteiger partial charge is 0.486 e. The Balaban J connectivity index is 1.96. The van der Waals surface area contributed by atoms with Crippen LogP contribution in [0.1, 0.15) is 16.7 Å². The Morgan fingerprint density at radius 3 is 2.44 bits per heavy atom. The van der Waals surface area contributed by atoms with E-state index in [1.807, 2.05) is 0 Å². The highest BCUT2D eigenvalue weighted by Gasteiger charge is 2.51. The van der Waals surface area contributed by atoms with Crippen molar-refractivity contribution in [3.05, 3.63) is 58.9 Å². The summed E-state index contributed by atoms with van der Waals surface area (Å²) in [5, 5.41) is 31.9. The molecule has 0 aromatic heterocycles. The van der Waals surface area contributed by atoms with Crippen LogP contribution in [0.25, 0.3) is 0 Å². The number of halogens is 4. The van der Waals surface area contributed by atoms with E-state index in [-0.39, 0.29) is 17.9 Å². The first-order valence-electron chi connectivity index (χ1n) is 9.70. The number of rotatable bonds is 6. The number of sulfonamides is 1. The molecule has 1 saturated heterocycles. The molecule has 2 atom stereocenters. The molecule has 0 unspecified atom stereocenters. The fourth-order valence-corrected chi connectivity index (χ4v) is 5.24. The Kier molecular flexibility index (Phi) is 6.87. The van der Waals surface area contributed by atoms with Crippen LogP contribution in [0.4, 0.5) is 17.6 Å². The van der Waals surface area contributed by atoms with Gasteiger partial charge in [0.25, 0.3) is 0 Å². The van der Waals surface area contributed by atoms with Crippen LogP contribution in [-0.2, 0) is 16.2 Å². The maximum atomic E-state index is 14.0. The molecule has 8 nitrogen and oxygen atoms in total. The first kappa shape index (κ1) is 25.4. The normalized spacial score (nSPS) is 21.1. The van der Waals surface area contributed by atoms with Gasteiger partial charge in [0.15, 0.2) is 0 Å². The zero-order valence-corrected chi connectivity index (χ0v) is 18.4. The Labute approximate surface area is 192 Å². The number of benzene rings is 2. The van der Waals surface area contributed by atoms with Crippen LogP contribution in [0.5, 0.6) is 5.75 Å². The third-order valence-corrected chi connectivity index (χ3v) is 7.16. The number of β-amino-alcohol motifs (C(OH)–C–C–N with tert-alkyl or cyclic N) is 1. The monoisotopic (exact) mass is 498 g/mol. The second-order valence-electron chi connectivity index (χ2n) is 7.61. The SMILES string of the molecule is CNC[C@]1(O)CN(S(=O)(=O)c2ccc(C(F)(F)F)cc2C#N)C[C@@H]1Oc1ccc(C#N)c(F)c1. The molecule has 1 aliphatic heterocycles. The molecule has 180 valence electrons. The molecule has 2 aromatic carbocycles. The summed E-state index contributed by atoms with van der Waals surface area (Å²) < 4.78 is 85.8. The molecule has 0 amide bonds. The summed E-state index contributed by atoms with van der Waals surface area (Å²) in [6.45, 7) is -1.08. The maximum Gasteiger partial charge on any atom is 0.416 e. The van der Waals surface area contributed by atoms with Gasteiger partial charge in [-0.15, -0.1) is 0 Å².